The summed E-state index contributed by atoms with van der Waals surface area (Å²) in [4.78, 5) is 0. The lowest BCUT2D eigenvalue weighted by Gasteiger charge is -2.46. The Balaban J connectivity index is 2.23. The Morgan fingerprint density at radius 1 is 1.45 bits per heavy atom. The lowest BCUT2D eigenvalue weighted by molar-refractivity contribution is -0.0938. The first-order chi connectivity index (χ1) is 9.72. The van der Waals surface area contributed by atoms with Crippen LogP contribution in [0.5, 0.6) is 0 Å². The molecular weight excluding hydrogens is 250 g/mol. The monoisotopic (exact) mass is 281 g/mol. The molecule has 116 valence electrons. The lowest BCUT2D eigenvalue weighted by Crippen LogP contribution is -2.56. The zero-order chi connectivity index (χ0) is 14.4. The highest BCUT2D eigenvalue weighted by atomic mass is 16.5. The molecule has 0 bridgehead atoms. The highest BCUT2D eigenvalue weighted by Crippen LogP contribution is 2.41. The van der Waals surface area contributed by atoms with Crippen LogP contribution in [0.4, 0.5) is 0 Å². The van der Waals surface area contributed by atoms with Gasteiger partial charge in [0.1, 0.15) is 0 Å². The van der Waals surface area contributed by atoms with Crippen LogP contribution in [-0.2, 0) is 9.47 Å². The van der Waals surface area contributed by atoms with Gasteiger partial charge in [0.2, 0.25) is 0 Å². The second-order valence-electron chi connectivity index (χ2n) is 6.36. The molecule has 1 aliphatic carbocycles. The van der Waals surface area contributed by atoms with E-state index in [-0.39, 0.29) is 5.60 Å². The van der Waals surface area contributed by atoms with Gasteiger partial charge >= 0.3 is 0 Å². The molecule has 0 amide bonds. The van der Waals surface area contributed by atoms with Crippen molar-refractivity contribution in [3.63, 3.8) is 0 Å². The van der Waals surface area contributed by atoms with Gasteiger partial charge in [0.15, 0.2) is 0 Å². The average Bonchev–Trinajstić information content (AvgIpc) is 2.46. The van der Waals surface area contributed by atoms with E-state index in [1.165, 1.54) is 24.8 Å². The third-order valence-electron chi connectivity index (χ3n) is 4.69. The Morgan fingerprint density at radius 2 is 2.30 bits per heavy atom. The van der Waals surface area contributed by atoms with Gasteiger partial charge in [-0.25, -0.2) is 0 Å². The zero-order valence-corrected chi connectivity index (χ0v) is 13.4. The van der Waals surface area contributed by atoms with Gasteiger partial charge in [-0.3, -0.25) is 0 Å². The van der Waals surface area contributed by atoms with Crippen molar-refractivity contribution in [3.8, 4) is 0 Å². The Kier molecular flexibility index (Phi) is 5.91. The van der Waals surface area contributed by atoms with Gasteiger partial charge < -0.3 is 14.8 Å². The molecule has 1 fully saturated rings. The van der Waals surface area contributed by atoms with E-state index in [2.05, 4.69) is 26.1 Å². The van der Waals surface area contributed by atoms with Crippen LogP contribution in [0.1, 0.15) is 59.3 Å². The average molecular weight is 281 g/mol. The van der Waals surface area contributed by atoms with Crippen LogP contribution >= 0.6 is 0 Å². The molecule has 1 heterocycles. The fraction of sp³-hybridized carbons (Fsp3) is 0.882. The van der Waals surface area contributed by atoms with Gasteiger partial charge in [0, 0.05) is 6.61 Å². The van der Waals surface area contributed by atoms with Crippen molar-refractivity contribution in [1.29, 1.82) is 0 Å². The predicted octanol–water partition coefficient (Wildman–Crippen LogP) is 3.64. The van der Waals surface area contributed by atoms with Crippen LogP contribution in [0.2, 0.25) is 0 Å². The number of likely N-dealkylation sites (N-methyl/N-ethyl adjacent to an activating group) is 1. The fourth-order valence-electron chi connectivity index (χ4n) is 3.96. The third kappa shape index (κ3) is 3.56. The van der Waals surface area contributed by atoms with Gasteiger partial charge in [0.25, 0.3) is 0 Å². The van der Waals surface area contributed by atoms with Crippen LogP contribution in [0.25, 0.3) is 0 Å². The quantitative estimate of drug-likeness (QED) is 0.806. The van der Waals surface area contributed by atoms with E-state index in [4.69, 9.17) is 9.47 Å². The second kappa shape index (κ2) is 7.46. The van der Waals surface area contributed by atoms with E-state index in [0.29, 0.717) is 6.04 Å². The molecular formula is C17H31NO2. The number of rotatable bonds is 6. The van der Waals surface area contributed by atoms with Crippen molar-refractivity contribution in [2.75, 3.05) is 19.8 Å². The van der Waals surface area contributed by atoms with Crippen LogP contribution in [0, 0.1) is 5.92 Å². The Hall–Kier alpha value is -0.540. The SMILES string of the molecule is CCNC(C1=COCCC1)C1(OCC)CCCC(C)C1. The molecule has 1 saturated carbocycles. The Labute approximate surface area is 124 Å². The minimum atomic E-state index is -0.0328. The summed E-state index contributed by atoms with van der Waals surface area (Å²) in [6.07, 6.45) is 9.21. The standard InChI is InChI=1S/C17H31NO2/c1-4-18-16(15-9-7-11-19-13-15)17(20-5-2)10-6-8-14(3)12-17/h13-14,16,18H,4-12H2,1-3H3. The molecule has 1 N–H and O–H groups in total. The van der Waals surface area contributed by atoms with Crippen molar-refractivity contribution >= 4 is 0 Å². The molecule has 3 nitrogen and oxygen atoms in total. The topological polar surface area (TPSA) is 30.5 Å². The fourth-order valence-corrected chi connectivity index (χ4v) is 3.96. The normalized spacial score (nSPS) is 32.4. The minimum Gasteiger partial charge on any atom is -0.501 e. The molecule has 2 aliphatic rings. The lowest BCUT2D eigenvalue weighted by atomic mass is 9.72. The molecule has 1 aliphatic heterocycles. The zero-order valence-electron chi connectivity index (χ0n) is 13.4. The molecule has 2 rings (SSSR count). The Bertz CT molecular complexity index is 325. The van der Waals surface area contributed by atoms with Gasteiger partial charge in [-0.2, -0.15) is 0 Å². The summed E-state index contributed by atoms with van der Waals surface area (Å²) < 4.78 is 11.9. The number of hydrogen-bond donors (Lipinski definition) is 1. The van der Waals surface area contributed by atoms with E-state index in [9.17, 15) is 0 Å². The van der Waals surface area contributed by atoms with Crippen molar-refractivity contribution in [3.05, 3.63) is 11.8 Å². The van der Waals surface area contributed by atoms with Crippen LogP contribution in [0.15, 0.2) is 11.8 Å². The number of nitrogens with one attached hydrogen (secondary N) is 1. The smallest absolute Gasteiger partial charge is 0.0876 e. The first kappa shape index (κ1) is 15.8. The van der Waals surface area contributed by atoms with E-state index >= 15 is 0 Å². The van der Waals surface area contributed by atoms with Crippen molar-refractivity contribution in [2.45, 2.75) is 70.9 Å². The summed E-state index contributed by atoms with van der Waals surface area (Å²) in [6.45, 7) is 9.30. The van der Waals surface area contributed by atoms with Crippen LogP contribution in [0.3, 0.4) is 0 Å². The minimum absolute atomic E-state index is 0.0328. The molecule has 20 heavy (non-hydrogen) atoms. The maximum absolute atomic E-state index is 6.35. The predicted molar refractivity (Wildman–Crippen MR) is 82.7 cm³/mol. The third-order valence-corrected chi connectivity index (χ3v) is 4.69. The maximum atomic E-state index is 6.35. The summed E-state index contributed by atoms with van der Waals surface area (Å²) >= 11 is 0. The summed E-state index contributed by atoms with van der Waals surface area (Å²) in [7, 11) is 0. The molecule has 0 aromatic rings. The van der Waals surface area contributed by atoms with Crippen LogP contribution < -0.4 is 5.32 Å². The molecule has 0 aromatic heterocycles. The summed E-state index contributed by atoms with van der Waals surface area (Å²) in [5.74, 6) is 0.751. The van der Waals surface area contributed by atoms with E-state index in [0.717, 1.165) is 44.9 Å². The maximum Gasteiger partial charge on any atom is 0.0876 e. The van der Waals surface area contributed by atoms with Crippen molar-refractivity contribution in [1.82, 2.24) is 5.32 Å². The molecule has 0 spiro atoms. The highest BCUT2D eigenvalue weighted by Gasteiger charge is 2.44. The summed E-state index contributed by atoms with van der Waals surface area (Å²) in [5.41, 5.74) is 1.37. The van der Waals surface area contributed by atoms with Crippen LogP contribution in [-0.4, -0.2) is 31.4 Å². The molecule has 3 unspecified atom stereocenters. The van der Waals surface area contributed by atoms with Gasteiger partial charge in [-0.05, 0) is 50.6 Å². The van der Waals surface area contributed by atoms with Gasteiger partial charge in [-0.15, -0.1) is 0 Å². The van der Waals surface area contributed by atoms with Gasteiger partial charge in [0.05, 0.1) is 24.5 Å². The number of ether oxygens (including phenoxy) is 2. The summed E-state index contributed by atoms with van der Waals surface area (Å²) in [6, 6.07) is 0.315. The summed E-state index contributed by atoms with van der Waals surface area (Å²) in [5, 5.41) is 3.69. The van der Waals surface area contributed by atoms with E-state index < -0.39 is 0 Å². The van der Waals surface area contributed by atoms with Crippen molar-refractivity contribution < 1.29 is 9.47 Å². The molecule has 0 radical (unpaired) electrons. The molecule has 0 aromatic carbocycles. The molecule has 3 atom stereocenters. The molecule has 3 heteroatoms. The van der Waals surface area contributed by atoms with Gasteiger partial charge in [-0.1, -0.05) is 26.7 Å². The largest absolute Gasteiger partial charge is 0.501 e. The van der Waals surface area contributed by atoms with Crippen molar-refractivity contribution in [2.24, 2.45) is 5.92 Å². The van der Waals surface area contributed by atoms with E-state index in [1.54, 1.807) is 0 Å². The van der Waals surface area contributed by atoms with E-state index in [1.807, 2.05) is 6.26 Å². The first-order valence-corrected chi connectivity index (χ1v) is 8.39. The second-order valence-corrected chi connectivity index (χ2v) is 6.36. The first-order valence-electron chi connectivity index (χ1n) is 8.39. The highest BCUT2D eigenvalue weighted by molar-refractivity contribution is 5.18. The Morgan fingerprint density at radius 3 is 2.90 bits per heavy atom. The number of hydrogen-bond acceptors (Lipinski definition) is 3. The molecule has 0 saturated heterocycles.